The summed E-state index contributed by atoms with van der Waals surface area (Å²) in [5, 5.41) is 9.71. The van der Waals surface area contributed by atoms with Crippen LogP contribution in [0.3, 0.4) is 0 Å². The zero-order valence-electron chi connectivity index (χ0n) is 55.4. The SMILES string of the molecule is CC/C=C\C/C=C\C/C=C\C/C=C\C/C=C\C/C=C\CCCCCCCCCCCCCCCCCCCCCCC(=O)OC(CO)COC(=O)CCCCCCCCCCCCCCCCCCCC/C=C\C/C=C\C/C=C\C/C=C\CC. The van der Waals surface area contributed by atoms with Crippen molar-refractivity contribution in [1.82, 2.24) is 0 Å². The van der Waals surface area contributed by atoms with Crippen LogP contribution in [0.25, 0.3) is 0 Å². The van der Waals surface area contributed by atoms with E-state index < -0.39 is 6.10 Å². The van der Waals surface area contributed by atoms with Gasteiger partial charge in [0.2, 0.25) is 0 Å². The summed E-state index contributed by atoms with van der Waals surface area (Å²) in [6.07, 6.45) is 108. The first-order valence-electron chi connectivity index (χ1n) is 36.1. The van der Waals surface area contributed by atoms with E-state index in [2.05, 4.69) is 135 Å². The average Bonchev–Trinajstić information content (AvgIpc) is 3.51. The lowest BCUT2D eigenvalue weighted by molar-refractivity contribution is -0.161. The Morgan fingerprint density at radius 1 is 0.274 bits per heavy atom. The predicted octanol–water partition coefficient (Wildman–Crippen LogP) is 25.3. The molecule has 0 amide bonds. The van der Waals surface area contributed by atoms with Crippen LogP contribution < -0.4 is 0 Å². The lowest BCUT2D eigenvalue weighted by atomic mass is 10.0. The molecule has 5 heteroatoms. The second-order valence-corrected chi connectivity index (χ2v) is 23.9. The van der Waals surface area contributed by atoms with Gasteiger partial charge >= 0.3 is 11.9 Å². The van der Waals surface area contributed by atoms with Gasteiger partial charge in [-0.15, -0.1) is 0 Å². The molecule has 0 radical (unpaired) electrons. The van der Waals surface area contributed by atoms with Crippen molar-refractivity contribution in [3.63, 3.8) is 0 Å². The van der Waals surface area contributed by atoms with Crippen molar-refractivity contribution >= 4 is 11.9 Å². The maximum atomic E-state index is 12.4. The fourth-order valence-electron chi connectivity index (χ4n) is 10.4. The molecule has 1 unspecified atom stereocenters. The maximum absolute atomic E-state index is 12.4. The second-order valence-electron chi connectivity index (χ2n) is 23.9. The number of esters is 2. The molecule has 84 heavy (non-hydrogen) atoms. The van der Waals surface area contributed by atoms with Crippen molar-refractivity contribution in [2.75, 3.05) is 13.2 Å². The Bertz CT molecular complexity index is 1650. The molecule has 0 bridgehead atoms. The van der Waals surface area contributed by atoms with Crippen molar-refractivity contribution in [2.45, 2.75) is 354 Å². The van der Waals surface area contributed by atoms with Crippen molar-refractivity contribution < 1.29 is 24.2 Å². The number of aliphatic hydroxyl groups excluding tert-OH is 1. The monoisotopic (exact) mass is 1170 g/mol. The third-order valence-corrected chi connectivity index (χ3v) is 15.8. The number of rotatable bonds is 66. The van der Waals surface area contributed by atoms with E-state index in [-0.39, 0.29) is 25.2 Å². The summed E-state index contributed by atoms with van der Waals surface area (Å²) in [5.41, 5.74) is 0. The number of aliphatic hydroxyl groups is 1. The highest BCUT2D eigenvalue weighted by Gasteiger charge is 2.16. The van der Waals surface area contributed by atoms with Crippen molar-refractivity contribution in [1.29, 1.82) is 0 Å². The summed E-state index contributed by atoms with van der Waals surface area (Å²) in [7, 11) is 0. The van der Waals surface area contributed by atoms with Crippen LogP contribution in [0.2, 0.25) is 0 Å². The number of ether oxygens (including phenoxy) is 2. The van der Waals surface area contributed by atoms with E-state index >= 15 is 0 Å². The third-order valence-electron chi connectivity index (χ3n) is 15.8. The van der Waals surface area contributed by atoms with Gasteiger partial charge in [0, 0.05) is 12.8 Å². The van der Waals surface area contributed by atoms with E-state index in [0.717, 1.165) is 103 Å². The summed E-state index contributed by atoms with van der Waals surface area (Å²) in [6, 6.07) is 0. The van der Waals surface area contributed by atoms with E-state index in [9.17, 15) is 14.7 Å². The summed E-state index contributed by atoms with van der Waals surface area (Å²) in [5.74, 6) is -0.577. The molecule has 0 fully saturated rings. The van der Waals surface area contributed by atoms with E-state index in [1.54, 1.807) is 0 Å². The van der Waals surface area contributed by atoms with Gasteiger partial charge in [0.15, 0.2) is 6.10 Å². The van der Waals surface area contributed by atoms with E-state index in [0.29, 0.717) is 12.8 Å². The zero-order chi connectivity index (χ0) is 60.5. The number of allylic oxidation sites excluding steroid dienone is 20. The molecular weight excluding hydrogens is 1030 g/mol. The molecule has 0 aliphatic heterocycles. The Hall–Kier alpha value is -3.70. The lowest BCUT2D eigenvalue weighted by Crippen LogP contribution is -2.28. The molecule has 0 saturated heterocycles. The summed E-state index contributed by atoms with van der Waals surface area (Å²) in [4.78, 5) is 24.7. The Morgan fingerprint density at radius 3 is 0.714 bits per heavy atom. The van der Waals surface area contributed by atoms with Crippen LogP contribution in [0, 0.1) is 0 Å². The standard InChI is InChI=1S/C79H136O5/c1-3-5-7-9-11-13-15-17-19-21-23-25-27-29-31-33-35-36-37-38-39-40-41-42-44-46-48-50-52-54-56-58-60-62-64-66-68-70-72-74-79(82)84-77(75-80)76-83-78(81)73-71-69-67-65-63-61-59-57-55-53-51-49-47-45-43-34-32-30-28-26-24-22-20-18-16-14-12-10-8-6-4-2/h5-8,11-14,17-20,23-26,29,31,35-36,77,80H,3-4,9-10,15-16,21-22,27-28,30,32-34,37-76H2,1-2H3/b7-5-,8-6-,13-11-,14-12-,19-17-,20-18-,25-23-,26-24-,31-29-,36-35-. The smallest absolute Gasteiger partial charge is 0.306 e. The van der Waals surface area contributed by atoms with Gasteiger partial charge in [-0.05, 0) is 103 Å². The second kappa shape index (κ2) is 73.6. The summed E-state index contributed by atoms with van der Waals surface area (Å²) < 4.78 is 10.8. The summed E-state index contributed by atoms with van der Waals surface area (Å²) >= 11 is 0. The molecule has 1 N–H and O–H groups in total. The number of hydrogen-bond acceptors (Lipinski definition) is 5. The topological polar surface area (TPSA) is 72.8 Å². The predicted molar refractivity (Wildman–Crippen MR) is 371 cm³/mol. The minimum Gasteiger partial charge on any atom is -0.462 e. The van der Waals surface area contributed by atoms with Crippen molar-refractivity contribution in [2.24, 2.45) is 0 Å². The van der Waals surface area contributed by atoms with Crippen LogP contribution in [0.5, 0.6) is 0 Å². The maximum Gasteiger partial charge on any atom is 0.306 e. The minimum atomic E-state index is -0.776. The van der Waals surface area contributed by atoms with E-state index in [4.69, 9.17) is 9.47 Å². The normalized spacial score (nSPS) is 12.9. The molecule has 0 aromatic rings. The lowest BCUT2D eigenvalue weighted by Gasteiger charge is -2.15. The molecule has 0 heterocycles. The van der Waals surface area contributed by atoms with Gasteiger partial charge in [-0.2, -0.15) is 0 Å². The minimum absolute atomic E-state index is 0.0653. The third kappa shape index (κ3) is 70.8. The highest BCUT2D eigenvalue weighted by Crippen LogP contribution is 2.18. The van der Waals surface area contributed by atoms with Crippen LogP contribution in [-0.4, -0.2) is 36.4 Å². The van der Waals surface area contributed by atoms with Gasteiger partial charge in [-0.3, -0.25) is 9.59 Å². The van der Waals surface area contributed by atoms with E-state index in [1.807, 2.05) is 0 Å². The van der Waals surface area contributed by atoms with Gasteiger partial charge in [-0.25, -0.2) is 0 Å². The van der Waals surface area contributed by atoms with Crippen molar-refractivity contribution in [3.05, 3.63) is 122 Å². The Kier molecular flexibility index (Phi) is 70.3. The van der Waals surface area contributed by atoms with Gasteiger partial charge in [0.1, 0.15) is 6.61 Å². The molecule has 0 rings (SSSR count). The molecule has 1 atom stereocenters. The van der Waals surface area contributed by atoms with Crippen molar-refractivity contribution in [3.8, 4) is 0 Å². The fourth-order valence-corrected chi connectivity index (χ4v) is 10.4. The molecule has 482 valence electrons. The number of carbonyl (C=O) groups excluding carboxylic acids is 2. The first-order valence-corrected chi connectivity index (χ1v) is 36.1. The number of unbranched alkanes of at least 4 members (excludes halogenated alkanes) is 38. The van der Waals surface area contributed by atoms with Gasteiger partial charge in [0.05, 0.1) is 6.61 Å². The van der Waals surface area contributed by atoms with Gasteiger partial charge < -0.3 is 14.6 Å². The van der Waals surface area contributed by atoms with Crippen LogP contribution in [0.4, 0.5) is 0 Å². The molecular formula is C79H136O5. The highest BCUT2D eigenvalue weighted by atomic mass is 16.6. The molecule has 0 aromatic heterocycles. The van der Waals surface area contributed by atoms with Gasteiger partial charge in [-0.1, -0.05) is 354 Å². The van der Waals surface area contributed by atoms with Crippen LogP contribution >= 0.6 is 0 Å². The Morgan fingerprint density at radius 2 is 0.476 bits per heavy atom. The fraction of sp³-hybridized carbons (Fsp3) is 0.722. The van der Waals surface area contributed by atoms with Crippen LogP contribution in [-0.2, 0) is 19.1 Å². The van der Waals surface area contributed by atoms with Crippen LogP contribution in [0.1, 0.15) is 348 Å². The summed E-state index contributed by atoms with van der Waals surface area (Å²) in [6.45, 7) is 3.95. The van der Waals surface area contributed by atoms with E-state index in [1.165, 1.54) is 218 Å². The molecule has 0 aromatic carbocycles. The Labute approximate surface area is 522 Å². The molecule has 0 aliphatic carbocycles. The van der Waals surface area contributed by atoms with Gasteiger partial charge in [0.25, 0.3) is 0 Å². The average molecular weight is 1170 g/mol. The van der Waals surface area contributed by atoms with Crippen LogP contribution in [0.15, 0.2) is 122 Å². The molecule has 0 saturated carbocycles. The first kappa shape index (κ1) is 80.3. The quantitative estimate of drug-likeness (QED) is 0.0373. The largest absolute Gasteiger partial charge is 0.462 e. The number of hydrogen-bond donors (Lipinski definition) is 1. The molecule has 5 nitrogen and oxygen atoms in total. The molecule has 0 spiro atoms. The first-order chi connectivity index (χ1) is 41.6. The zero-order valence-corrected chi connectivity index (χ0v) is 55.4. The molecule has 0 aliphatic rings. The Balaban J connectivity index is 3.43. The number of carbonyl (C=O) groups is 2. The highest BCUT2D eigenvalue weighted by molar-refractivity contribution is 5.70.